The van der Waals surface area contributed by atoms with Gasteiger partial charge >= 0.3 is 0 Å². The number of nitrogen functional groups attached to an aromatic ring is 1. The second kappa shape index (κ2) is 5.17. The molecule has 0 aromatic carbocycles. The molecule has 0 saturated carbocycles. The number of aliphatic hydroxyl groups excluding tert-OH is 1. The van der Waals surface area contributed by atoms with Crippen LogP contribution < -0.4 is 5.73 Å². The number of imidazole rings is 1. The highest BCUT2D eigenvalue weighted by Gasteiger charge is 2.44. The number of thiol groups is 1. The summed E-state index contributed by atoms with van der Waals surface area (Å²) in [6, 6.07) is 0. The van der Waals surface area contributed by atoms with Gasteiger partial charge in [0.15, 0.2) is 17.7 Å². The minimum absolute atomic E-state index is 0.131. The Morgan fingerprint density at radius 1 is 1.50 bits per heavy atom. The molecule has 1 saturated heterocycles. The van der Waals surface area contributed by atoms with Gasteiger partial charge in [-0.15, -0.1) is 0 Å². The first-order valence-electron chi connectivity index (χ1n) is 6.07. The maximum atomic E-state index is 9.32. The van der Waals surface area contributed by atoms with E-state index in [0.717, 1.165) is 0 Å². The van der Waals surface area contributed by atoms with Crippen LogP contribution in [0.1, 0.15) is 6.23 Å². The largest absolute Gasteiger partial charge is 0.394 e. The summed E-state index contributed by atoms with van der Waals surface area (Å²) in [7, 11) is 1.58. The van der Waals surface area contributed by atoms with Crippen LogP contribution in [0.15, 0.2) is 12.7 Å². The summed E-state index contributed by atoms with van der Waals surface area (Å²) in [5, 5.41) is 9.08. The molecule has 3 rings (SSSR count). The van der Waals surface area contributed by atoms with Crippen molar-refractivity contribution in [1.82, 2.24) is 19.5 Å². The highest BCUT2D eigenvalue weighted by atomic mass is 32.1. The van der Waals surface area contributed by atoms with Crippen molar-refractivity contribution in [2.45, 2.75) is 23.7 Å². The second-order valence-corrected chi connectivity index (χ2v) is 5.12. The van der Waals surface area contributed by atoms with Crippen molar-refractivity contribution < 1.29 is 14.6 Å². The van der Waals surface area contributed by atoms with Gasteiger partial charge in [-0.2, -0.15) is 12.6 Å². The maximum Gasteiger partial charge on any atom is 0.167 e. The third-order valence-corrected chi connectivity index (χ3v) is 4.05. The highest BCUT2D eigenvalue weighted by Crippen LogP contribution is 2.35. The van der Waals surface area contributed by atoms with Gasteiger partial charge in [0.1, 0.15) is 17.9 Å². The molecule has 20 heavy (non-hydrogen) atoms. The Morgan fingerprint density at radius 2 is 2.30 bits per heavy atom. The molecule has 0 spiro atoms. The highest BCUT2D eigenvalue weighted by molar-refractivity contribution is 7.81. The summed E-state index contributed by atoms with van der Waals surface area (Å²) in [6.07, 6.45) is 1.73. The molecule has 4 atom stereocenters. The monoisotopic (exact) mass is 297 g/mol. The normalized spacial score (nSPS) is 30.1. The minimum atomic E-state index is -0.473. The average molecular weight is 297 g/mol. The number of ether oxygens (including phenoxy) is 2. The number of aromatic nitrogens is 4. The van der Waals surface area contributed by atoms with E-state index >= 15 is 0 Å². The molecule has 4 unspecified atom stereocenters. The Hall–Kier alpha value is -1.42. The molecular formula is C11H15N5O3S. The lowest BCUT2D eigenvalue weighted by Gasteiger charge is -2.20. The van der Waals surface area contributed by atoms with E-state index in [2.05, 4.69) is 27.6 Å². The molecule has 3 heterocycles. The molecular weight excluding hydrogens is 282 g/mol. The average Bonchev–Trinajstić information content (AvgIpc) is 3.00. The van der Waals surface area contributed by atoms with Gasteiger partial charge in [-0.05, 0) is 0 Å². The molecule has 1 aliphatic rings. The van der Waals surface area contributed by atoms with Crippen LogP contribution in [0.4, 0.5) is 5.82 Å². The first kappa shape index (κ1) is 13.6. The van der Waals surface area contributed by atoms with Gasteiger partial charge < -0.3 is 20.3 Å². The summed E-state index contributed by atoms with van der Waals surface area (Å²) >= 11 is 4.45. The molecule has 2 aromatic heterocycles. The molecule has 108 valence electrons. The number of fused-ring (bicyclic) bond motifs is 1. The van der Waals surface area contributed by atoms with Crippen molar-refractivity contribution in [3.63, 3.8) is 0 Å². The van der Waals surface area contributed by atoms with Gasteiger partial charge in [0, 0.05) is 7.11 Å². The van der Waals surface area contributed by atoms with Gasteiger partial charge in [-0.1, -0.05) is 0 Å². The van der Waals surface area contributed by atoms with Crippen LogP contribution in [0, 0.1) is 0 Å². The van der Waals surface area contributed by atoms with E-state index in [1.54, 1.807) is 18.0 Å². The number of hydrogen-bond acceptors (Lipinski definition) is 8. The lowest BCUT2D eigenvalue weighted by molar-refractivity contribution is -0.0583. The van der Waals surface area contributed by atoms with Crippen molar-refractivity contribution in [3.05, 3.63) is 12.7 Å². The zero-order chi connectivity index (χ0) is 14.3. The van der Waals surface area contributed by atoms with Gasteiger partial charge in [0.2, 0.25) is 0 Å². The minimum Gasteiger partial charge on any atom is -0.394 e. The number of nitrogens with zero attached hydrogens (tertiary/aromatic N) is 4. The Morgan fingerprint density at radius 3 is 3.00 bits per heavy atom. The smallest absolute Gasteiger partial charge is 0.167 e. The number of anilines is 1. The molecule has 8 nitrogen and oxygen atoms in total. The molecule has 0 bridgehead atoms. The molecule has 9 heteroatoms. The van der Waals surface area contributed by atoms with Crippen molar-refractivity contribution >= 4 is 29.6 Å². The van der Waals surface area contributed by atoms with E-state index in [9.17, 15) is 5.11 Å². The lowest BCUT2D eigenvalue weighted by atomic mass is 10.2. The predicted molar refractivity (Wildman–Crippen MR) is 74.3 cm³/mol. The van der Waals surface area contributed by atoms with E-state index in [-0.39, 0.29) is 18.0 Å². The summed E-state index contributed by atoms with van der Waals surface area (Å²) in [6.45, 7) is -0.131. The number of methoxy groups -OCH3 is 1. The topological polar surface area (TPSA) is 108 Å². The van der Waals surface area contributed by atoms with E-state index in [1.165, 1.54) is 6.33 Å². The van der Waals surface area contributed by atoms with Crippen LogP contribution in [0.2, 0.25) is 0 Å². The van der Waals surface area contributed by atoms with Crippen molar-refractivity contribution in [3.8, 4) is 0 Å². The van der Waals surface area contributed by atoms with Crippen molar-refractivity contribution in [2.75, 3.05) is 19.5 Å². The zero-order valence-corrected chi connectivity index (χ0v) is 11.6. The molecule has 3 N–H and O–H groups in total. The maximum absolute atomic E-state index is 9.32. The molecule has 0 aliphatic carbocycles. The zero-order valence-electron chi connectivity index (χ0n) is 10.7. The molecule has 0 amide bonds. The fourth-order valence-electron chi connectivity index (χ4n) is 2.40. The fraction of sp³-hybridized carbons (Fsp3) is 0.545. The Labute approximate surface area is 120 Å². The van der Waals surface area contributed by atoms with Crippen molar-refractivity contribution in [2.24, 2.45) is 0 Å². The van der Waals surface area contributed by atoms with E-state index in [4.69, 9.17) is 15.2 Å². The molecule has 2 aromatic rings. The van der Waals surface area contributed by atoms with E-state index in [1.807, 2.05) is 0 Å². The number of aliphatic hydroxyl groups is 1. The van der Waals surface area contributed by atoms with Crippen LogP contribution in [0.25, 0.3) is 11.2 Å². The fourth-order valence-corrected chi connectivity index (χ4v) is 2.84. The standard InChI is InChI=1S/C11H15N5O3S/c1-18-7-8(20)5(2-17)19-11(7)16-4-15-6-9(12)13-3-14-10(6)16/h3-5,7-8,11,17,20H,2H2,1H3,(H2,12,13,14). The van der Waals surface area contributed by atoms with Gasteiger partial charge in [0.05, 0.1) is 24.3 Å². The lowest BCUT2D eigenvalue weighted by Crippen LogP contribution is -2.30. The molecule has 1 fully saturated rings. The van der Waals surface area contributed by atoms with Gasteiger partial charge in [0.25, 0.3) is 0 Å². The van der Waals surface area contributed by atoms with Crippen LogP contribution in [-0.2, 0) is 9.47 Å². The van der Waals surface area contributed by atoms with Gasteiger partial charge in [-0.25, -0.2) is 15.0 Å². The summed E-state index contributed by atoms with van der Waals surface area (Å²) < 4.78 is 12.9. The SMILES string of the molecule is COC1C(S)C(CO)OC1n1cnc2c(N)ncnc21. The molecule has 1 aliphatic heterocycles. The van der Waals surface area contributed by atoms with Crippen LogP contribution >= 0.6 is 12.6 Å². The van der Waals surface area contributed by atoms with E-state index < -0.39 is 12.3 Å². The summed E-state index contributed by atoms with van der Waals surface area (Å²) in [5.74, 6) is 0.307. The second-order valence-electron chi connectivity index (χ2n) is 4.52. The predicted octanol–water partition coefficient (Wildman–Crippen LogP) is -0.388. The Kier molecular flexibility index (Phi) is 3.50. The van der Waals surface area contributed by atoms with Crippen LogP contribution in [-0.4, -0.2) is 55.8 Å². The van der Waals surface area contributed by atoms with Crippen LogP contribution in [0.5, 0.6) is 0 Å². The quantitative estimate of drug-likeness (QED) is 0.662. The number of hydrogen-bond donors (Lipinski definition) is 3. The number of rotatable bonds is 3. The third kappa shape index (κ3) is 1.94. The summed E-state index contributed by atoms with van der Waals surface area (Å²) in [5.41, 5.74) is 6.83. The summed E-state index contributed by atoms with van der Waals surface area (Å²) in [4.78, 5) is 12.3. The van der Waals surface area contributed by atoms with E-state index in [0.29, 0.717) is 17.0 Å². The number of nitrogens with two attached hydrogens (primary N) is 1. The third-order valence-electron chi connectivity index (χ3n) is 3.43. The van der Waals surface area contributed by atoms with Crippen molar-refractivity contribution in [1.29, 1.82) is 0 Å². The Balaban J connectivity index is 2.04. The molecule has 0 radical (unpaired) electrons. The first-order valence-corrected chi connectivity index (χ1v) is 6.59. The van der Waals surface area contributed by atoms with Gasteiger partial charge in [-0.3, -0.25) is 4.57 Å². The van der Waals surface area contributed by atoms with Crippen LogP contribution in [0.3, 0.4) is 0 Å². The first-order chi connectivity index (χ1) is 9.67. The Bertz CT molecular complexity index is 621.